The molecular formula is C31H43N3O3. The van der Waals surface area contributed by atoms with Crippen molar-refractivity contribution in [2.45, 2.75) is 58.4 Å². The number of rotatable bonds is 17. The van der Waals surface area contributed by atoms with Gasteiger partial charge >= 0.3 is 0 Å². The molecule has 0 aromatic heterocycles. The summed E-state index contributed by atoms with van der Waals surface area (Å²) in [6.07, 6.45) is 8.93. The number of nitrogens with one attached hydrogen (secondary N) is 1. The van der Waals surface area contributed by atoms with Gasteiger partial charge in [0, 0.05) is 11.3 Å². The minimum Gasteiger partial charge on any atom is -0.497 e. The molecule has 2 aromatic rings. The molecule has 3 rings (SSSR count). The summed E-state index contributed by atoms with van der Waals surface area (Å²) < 4.78 is 5.26. The molecule has 1 saturated heterocycles. The van der Waals surface area contributed by atoms with Gasteiger partial charge in [0.1, 0.15) is 5.75 Å². The highest BCUT2D eigenvalue weighted by molar-refractivity contribution is 6.15. The average molecular weight is 506 g/mol. The fourth-order valence-corrected chi connectivity index (χ4v) is 4.59. The largest absolute Gasteiger partial charge is 0.497 e. The molecule has 1 fully saturated rings. The summed E-state index contributed by atoms with van der Waals surface area (Å²) in [5, 5.41) is 0. The maximum absolute atomic E-state index is 13.2. The molecule has 37 heavy (non-hydrogen) atoms. The van der Waals surface area contributed by atoms with Crippen LogP contribution in [0.1, 0.15) is 64.0 Å². The van der Waals surface area contributed by atoms with Gasteiger partial charge in [-0.3, -0.25) is 20.0 Å². The van der Waals surface area contributed by atoms with Crippen LogP contribution < -0.4 is 15.1 Å². The van der Waals surface area contributed by atoms with Crippen LogP contribution >= 0.6 is 0 Å². The lowest BCUT2D eigenvalue weighted by Crippen LogP contribution is -2.49. The number of benzene rings is 2. The minimum absolute atomic E-state index is 0.0398. The molecule has 1 atom stereocenters. The molecule has 6 heteroatoms. The van der Waals surface area contributed by atoms with Crippen molar-refractivity contribution in [3.63, 3.8) is 0 Å². The van der Waals surface area contributed by atoms with Crippen LogP contribution in [0.15, 0.2) is 78.5 Å². The number of nitrogens with zero attached hydrogens (tertiary/aromatic N) is 2. The van der Waals surface area contributed by atoms with Gasteiger partial charge < -0.3 is 9.64 Å². The smallest absolute Gasteiger partial charge is 0.257 e. The first kappa shape index (κ1) is 28.5. The van der Waals surface area contributed by atoms with E-state index in [4.69, 9.17) is 9.57 Å². The lowest BCUT2D eigenvalue weighted by molar-refractivity contribution is -0.119. The molecule has 1 unspecified atom stereocenters. The highest BCUT2D eigenvalue weighted by Gasteiger charge is 2.43. The molecule has 1 N–H and O–H groups in total. The molecule has 0 saturated carbocycles. The Morgan fingerprint density at radius 1 is 1.00 bits per heavy atom. The van der Waals surface area contributed by atoms with Gasteiger partial charge in [-0.15, -0.1) is 0 Å². The molecule has 1 heterocycles. The number of hydroxylamine groups is 1. The molecule has 0 radical (unpaired) electrons. The van der Waals surface area contributed by atoms with E-state index in [1.54, 1.807) is 18.1 Å². The highest BCUT2D eigenvalue weighted by atomic mass is 16.6. The van der Waals surface area contributed by atoms with E-state index >= 15 is 0 Å². The van der Waals surface area contributed by atoms with Crippen LogP contribution in [0.5, 0.6) is 5.75 Å². The quantitative estimate of drug-likeness (QED) is 0.116. The first-order chi connectivity index (χ1) is 18.1. The first-order valence-electron chi connectivity index (χ1n) is 13.6. The summed E-state index contributed by atoms with van der Waals surface area (Å²) >= 11 is 0. The van der Waals surface area contributed by atoms with Gasteiger partial charge in [0.05, 0.1) is 25.5 Å². The molecular weight excluding hydrogens is 462 g/mol. The van der Waals surface area contributed by atoms with Gasteiger partial charge in [-0.05, 0) is 74.8 Å². The maximum Gasteiger partial charge on any atom is 0.257 e. The molecule has 1 aliphatic heterocycles. The molecule has 6 nitrogen and oxygen atoms in total. The van der Waals surface area contributed by atoms with Crippen LogP contribution in [0, 0.1) is 0 Å². The number of β-lactam (4-membered cyclic amide) rings is 1. The highest BCUT2D eigenvalue weighted by Crippen LogP contribution is 2.43. The Balaban J connectivity index is 1.47. The Bertz CT molecular complexity index is 1000. The van der Waals surface area contributed by atoms with E-state index in [2.05, 4.69) is 30.8 Å². The van der Waals surface area contributed by atoms with Crippen molar-refractivity contribution >= 4 is 11.6 Å². The zero-order valence-corrected chi connectivity index (χ0v) is 22.7. The van der Waals surface area contributed by atoms with Crippen LogP contribution in [0.25, 0.3) is 0 Å². The van der Waals surface area contributed by atoms with Gasteiger partial charge in [0.2, 0.25) is 0 Å². The number of hydrogen-bond acceptors (Lipinski definition) is 5. The van der Waals surface area contributed by atoms with Crippen LogP contribution in [-0.2, 0) is 9.63 Å². The third-order valence-electron chi connectivity index (χ3n) is 6.76. The van der Waals surface area contributed by atoms with E-state index in [1.165, 1.54) is 38.8 Å². The zero-order valence-electron chi connectivity index (χ0n) is 22.7. The van der Waals surface area contributed by atoms with Crippen molar-refractivity contribution < 1.29 is 14.4 Å². The summed E-state index contributed by atoms with van der Waals surface area (Å²) in [5.74, 6) is 0.718. The molecule has 0 spiro atoms. The summed E-state index contributed by atoms with van der Waals surface area (Å²) in [5.41, 5.74) is 6.07. The van der Waals surface area contributed by atoms with E-state index in [-0.39, 0.29) is 11.9 Å². The van der Waals surface area contributed by atoms with Crippen molar-refractivity contribution in [3.8, 4) is 5.75 Å². The van der Waals surface area contributed by atoms with Gasteiger partial charge in [-0.25, -0.2) is 0 Å². The number of carbonyl (C=O) groups excluding carboxylic acids is 1. The second kappa shape index (κ2) is 15.2. The Morgan fingerprint density at radius 2 is 1.70 bits per heavy atom. The second-order valence-corrected chi connectivity index (χ2v) is 9.46. The monoisotopic (exact) mass is 505 g/mol. The third kappa shape index (κ3) is 8.20. The van der Waals surface area contributed by atoms with Gasteiger partial charge in [-0.2, -0.15) is 0 Å². The maximum atomic E-state index is 13.2. The molecule has 200 valence electrons. The van der Waals surface area contributed by atoms with E-state index in [1.807, 2.05) is 54.6 Å². The van der Waals surface area contributed by atoms with Crippen molar-refractivity contribution in [2.75, 3.05) is 38.3 Å². The predicted octanol–water partition coefficient (Wildman–Crippen LogP) is 6.43. The van der Waals surface area contributed by atoms with Gasteiger partial charge in [0.25, 0.3) is 5.91 Å². The topological polar surface area (TPSA) is 54.0 Å². The zero-order chi connectivity index (χ0) is 26.5. The summed E-state index contributed by atoms with van der Waals surface area (Å²) in [6, 6.07) is 17.4. The number of unbranched alkanes of at least 4 members (excludes halogenated alkanes) is 4. The number of ether oxygens (including phenoxy) is 1. The minimum atomic E-state index is -0.180. The third-order valence-corrected chi connectivity index (χ3v) is 6.76. The first-order valence-corrected chi connectivity index (χ1v) is 13.6. The standard InChI is InChI=1S/C31H43N3O3/c1-5-7-21-33(6-2)22-13-8-9-14-23-37-32-25(3)24-29-30(26-15-11-10-12-16-26)34(31(29)35)27-17-19-28(36-4)20-18-27/h10-12,15-20,24,30,32H,3,5-9,13-14,21-23H2,1-2,4H3. The van der Waals surface area contributed by atoms with Gasteiger partial charge in [0.15, 0.2) is 0 Å². The Kier molecular flexibility index (Phi) is 11.7. The summed E-state index contributed by atoms with van der Waals surface area (Å²) in [4.78, 5) is 23.1. The number of methoxy groups -OCH3 is 1. The SMILES string of the molecule is C=C(C=C1C(=O)N(c2ccc(OC)cc2)C1c1ccccc1)NOCCCCCCN(CC)CCCC. The Hall–Kier alpha value is -3.09. The lowest BCUT2D eigenvalue weighted by Gasteiger charge is -2.43. The van der Waals surface area contributed by atoms with Crippen molar-refractivity contribution in [1.29, 1.82) is 0 Å². The lowest BCUT2D eigenvalue weighted by atomic mass is 9.86. The summed E-state index contributed by atoms with van der Waals surface area (Å²) in [6.45, 7) is 12.7. The number of allylic oxidation sites excluding steroid dienone is 1. The van der Waals surface area contributed by atoms with E-state index in [0.717, 1.165) is 36.4 Å². The molecule has 1 aliphatic rings. The fraction of sp³-hybridized carbons (Fsp3) is 0.452. The normalized spacial score (nSPS) is 16.2. The second-order valence-electron chi connectivity index (χ2n) is 9.46. The summed E-state index contributed by atoms with van der Waals surface area (Å²) in [7, 11) is 1.63. The Labute approximate surface area is 222 Å². The molecule has 1 amide bonds. The van der Waals surface area contributed by atoms with E-state index in [0.29, 0.717) is 17.9 Å². The number of carbonyl (C=O) groups is 1. The van der Waals surface area contributed by atoms with Crippen LogP contribution in [0.3, 0.4) is 0 Å². The number of hydrogen-bond donors (Lipinski definition) is 1. The van der Waals surface area contributed by atoms with Crippen molar-refractivity contribution in [1.82, 2.24) is 10.4 Å². The van der Waals surface area contributed by atoms with Crippen molar-refractivity contribution in [3.05, 3.63) is 84.1 Å². The van der Waals surface area contributed by atoms with Crippen molar-refractivity contribution in [2.24, 2.45) is 0 Å². The van der Waals surface area contributed by atoms with E-state index in [9.17, 15) is 4.79 Å². The molecule has 0 bridgehead atoms. The van der Waals surface area contributed by atoms with Crippen LogP contribution in [0.2, 0.25) is 0 Å². The Morgan fingerprint density at radius 3 is 2.38 bits per heavy atom. The van der Waals surface area contributed by atoms with Crippen LogP contribution in [-0.4, -0.2) is 44.2 Å². The number of amides is 1. The van der Waals surface area contributed by atoms with Gasteiger partial charge in [-0.1, -0.05) is 70.0 Å². The molecule has 0 aliphatic carbocycles. The van der Waals surface area contributed by atoms with E-state index < -0.39 is 0 Å². The number of anilines is 1. The average Bonchev–Trinajstić information content (AvgIpc) is 2.93. The fourth-order valence-electron chi connectivity index (χ4n) is 4.59. The van der Waals surface area contributed by atoms with Crippen LogP contribution in [0.4, 0.5) is 5.69 Å². The predicted molar refractivity (Wildman–Crippen MR) is 151 cm³/mol. The molecule has 2 aromatic carbocycles.